The molecule has 1 saturated heterocycles. The second kappa shape index (κ2) is 8.30. The van der Waals surface area contributed by atoms with Gasteiger partial charge in [0.05, 0.1) is 25.1 Å². The minimum atomic E-state index is -0.564. The number of amides is 1. The van der Waals surface area contributed by atoms with E-state index in [2.05, 4.69) is 18.2 Å². The number of nitriles is 1. The summed E-state index contributed by atoms with van der Waals surface area (Å²) in [6.07, 6.45) is 0.231. The number of aliphatic hydroxyl groups is 1. The smallest absolute Gasteiger partial charge is 0.228 e. The van der Waals surface area contributed by atoms with Crippen molar-refractivity contribution in [1.82, 2.24) is 4.90 Å². The van der Waals surface area contributed by atoms with Crippen molar-refractivity contribution in [2.75, 3.05) is 6.61 Å². The normalized spacial score (nSPS) is 20.6. The van der Waals surface area contributed by atoms with Gasteiger partial charge in [0.15, 0.2) is 0 Å². The molecule has 1 heterocycles. The fourth-order valence-corrected chi connectivity index (χ4v) is 4.14. The van der Waals surface area contributed by atoms with E-state index in [4.69, 9.17) is 0 Å². The van der Waals surface area contributed by atoms with Crippen LogP contribution in [0.3, 0.4) is 0 Å². The molecule has 3 atom stereocenters. The molecule has 4 rings (SSSR count). The third-order valence-electron chi connectivity index (χ3n) is 5.62. The molecule has 0 unspecified atom stereocenters. The van der Waals surface area contributed by atoms with Crippen LogP contribution in [0.4, 0.5) is 0 Å². The largest absolute Gasteiger partial charge is 0.394 e. The fraction of sp³-hybridized carbons (Fsp3) is 0.200. The Hall–Kier alpha value is -3.42. The van der Waals surface area contributed by atoms with Gasteiger partial charge in [-0.2, -0.15) is 5.26 Å². The lowest BCUT2D eigenvalue weighted by molar-refractivity contribution is -0.146. The van der Waals surface area contributed by atoms with Gasteiger partial charge in [-0.3, -0.25) is 4.79 Å². The number of hydrogen-bond donors (Lipinski definition) is 1. The maximum absolute atomic E-state index is 12.8. The average molecular weight is 382 g/mol. The van der Waals surface area contributed by atoms with Gasteiger partial charge < -0.3 is 10.0 Å². The monoisotopic (exact) mass is 382 g/mol. The van der Waals surface area contributed by atoms with Gasteiger partial charge in [-0.05, 0) is 22.3 Å². The first-order valence-corrected chi connectivity index (χ1v) is 9.74. The predicted octanol–water partition coefficient (Wildman–Crippen LogP) is 3.78. The Morgan fingerprint density at radius 1 is 0.897 bits per heavy atom. The Morgan fingerprint density at radius 3 is 2.07 bits per heavy atom. The summed E-state index contributed by atoms with van der Waals surface area (Å²) in [5.74, 6) is -0.312. The number of likely N-dealkylation sites (tertiary alicyclic amines) is 1. The first-order chi connectivity index (χ1) is 14.2. The minimum Gasteiger partial charge on any atom is -0.394 e. The van der Waals surface area contributed by atoms with E-state index in [1.165, 1.54) is 0 Å². The van der Waals surface area contributed by atoms with Crippen molar-refractivity contribution in [2.45, 2.75) is 24.4 Å². The van der Waals surface area contributed by atoms with Crippen LogP contribution in [-0.4, -0.2) is 34.6 Å². The van der Waals surface area contributed by atoms with Crippen molar-refractivity contribution >= 4 is 5.91 Å². The first-order valence-electron chi connectivity index (χ1n) is 9.74. The highest BCUT2D eigenvalue weighted by molar-refractivity contribution is 5.81. The maximum Gasteiger partial charge on any atom is 0.228 e. The lowest BCUT2D eigenvalue weighted by Gasteiger charge is -2.51. The molecule has 0 bridgehead atoms. The van der Waals surface area contributed by atoms with Crippen LogP contribution in [0.2, 0.25) is 0 Å². The van der Waals surface area contributed by atoms with Crippen molar-refractivity contribution in [2.24, 2.45) is 0 Å². The molecule has 4 nitrogen and oxygen atoms in total. The summed E-state index contributed by atoms with van der Waals surface area (Å²) in [7, 11) is 0. The average Bonchev–Trinajstić information content (AvgIpc) is 2.75. The summed E-state index contributed by atoms with van der Waals surface area (Å²) in [4.78, 5) is 14.4. The number of rotatable bonds is 5. The third-order valence-corrected chi connectivity index (χ3v) is 5.62. The molecular formula is C25H22N2O2. The second-order valence-electron chi connectivity index (χ2n) is 7.30. The first kappa shape index (κ1) is 18.9. The molecule has 1 aliphatic rings. The number of carbonyl (C=O) groups excluding carboxylic acids is 1. The van der Waals surface area contributed by atoms with Crippen molar-refractivity contribution in [3.8, 4) is 17.2 Å². The van der Waals surface area contributed by atoms with Crippen LogP contribution < -0.4 is 0 Å². The van der Waals surface area contributed by atoms with E-state index in [9.17, 15) is 15.2 Å². The molecular weight excluding hydrogens is 360 g/mol. The van der Waals surface area contributed by atoms with Crippen LogP contribution in [0.15, 0.2) is 84.9 Å². The SMILES string of the molecule is N#C[C@H]1[C@@H](c2ccc(-c3ccccc3)cc2)[C@H](CO)N1C(=O)Cc1ccccc1. The Kier molecular flexibility index (Phi) is 5.41. The van der Waals surface area contributed by atoms with Crippen LogP contribution in [-0.2, 0) is 11.2 Å². The summed E-state index contributed by atoms with van der Waals surface area (Å²) in [5.41, 5.74) is 4.10. The number of nitrogens with zero attached hydrogens (tertiary/aromatic N) is 2. The molecule has 1 N–H and O–H groups in total. The van der Waals surface area contributed by atoms with Gasteiger partial charge in [0.2, 0.25) is 5.91 Å². The quantitative estimate of drug-likeness (QED) is 0.730. The van der Waals surface area contributed by atoms with Gasteiger partial charge in [-0.1, -0.05) is 84.9 Å². The molecule has 0 aromatic heterocycles. The van der Waals surface area contributed by atoms with Crippen LogP contribution in [0.5, 0.6) is 0 Å². The third kappa shape index (κ3) is 3.65. The molecule has 3 aromatic rings. The highest BCUT2D eigenvalue weighted by Gasteiger charge is 2.51. The summed E-state index contributed by atoms with van der Waals surface area (Å²) in [6.45, 7) is -0.163. The van der Waals surface area contributed by atoms with Crippen molar-refractivity contribution in [3.63, 3.8) is 0 Å². The summed E-state index contributed by atoms with van der Waals surface area (Å²) in [5, 5.41) is 19.7. The molecule has 144 valence electrons. The standard InChI is InChI=1S/C25H22N2O2/c26-16-22-25(21-13-11-20(12-14-21)19-9-5-2-6-10-19)23(17-28)27(22)24(29)15-18-7-3-1-4-8-18/h1-14,22-23,25,28H,15,17H2/t22-,23-,25+/m0/s1. The molecule has 29 heavy (non-hydrogen) atoms. The van der Waals surface area contributed by atoms with Crippen molar-refractivity contribution in [3.05, 3.63) is 96.1 Å². The zero-order chi connectivity index (χ0) is 20.2. The minimum absolute atomic E-state index is 0.126. The van der Waals surface area contributed by atoms with Gasteiger partial charge in [0, 0.05) is 5.92 Å². The zero-order valence-electron chi connectivity index (χ0n) is 16.0. The molecule has 1 fully saturated rings. The Balaban J connectivity index is 1.54. The number of carbonyl (C=O) groups is 1. The van der Waals surface area contributed by atoms with Crippen LogP contribution in [0.1, 0.15) is 17.0 Å². The van der Waals surface area contributed by atoms with Gasteiger partial charge in [0.1, 0.15) is 6.04 Å². The van der Waals surface area contributed by atoms with E-state index in [-0.39, 0.29) is 30.9 Å². The number of benzene rings is 3. The maximum atomic E-state index is 12.8. The van der Waals surface area contributed by atoms with E-state index in [0.29, 0.717) is 0 Å². The molecule has 3 aromatic carbocycles. The second-order valence-corrected chi connectivity index (χ2v) is 7.30. The summed E-state index contributed by atoms with van der Waals surface area (Å²) >= 11 is 0. The molecule has 0 radical (unpaired) electrons. The van der Waals surface area contributed by atoms with Gasteiger partial charge >= 0.3 is 0 Å². The molecule has 1 aliphatic heterocycles. The van der Waals surface area contributed by atoms with Gasteiger partial charge in [0.25, 0.3) is 0 Å². The van der Waals surface area contributed by atoms with E-state index >= 15 is 0 Å². The van der Waals surface area contributed by atoms with Crippen LogP contribution in [0, 0.1) is 11.3 Å². The molecule has 1 amide bonds. The predicted molar refractivity (Wildman–Crippen MR) is 112 cm³/mol. The lowest BCUT2D eigenvalue weighted by Crippen LogP contribution is -2.65. The topological polar surface area (TPSA) is 64.3 Å². The molecule has 0 saturated carbocycles. The zero-order valence-corrected chi connectivity index (χ0v) is 16.0. The van der Waals surface area contributed by atoms with Crippen molar-refractivity contribution < 1.29 is 9.90 Å². The highest BCUT2D eigenvalue weighted by atomic mass is 16.3. The van der Waals surface area contributed by atoms with Crippen molar-refractivity contribution in [1.29, 1.82) is 5.26 Å². The Morgan fingerprint density at radius 2 is 1.48 bits per heavy atom. The van der Waals surface area contributed by atoms with E-state index in [1.807, 2.05) is 72.8 Å². The van der Waals surface area contributed by atoms with Gasteiger partial charge in [-0.25, -0.2) is 0 Å². The van der Waals surface area contributed by atoms with E-state index in [1.54, 1.807) is 4.90 Å². The summed E-state index contributed by atoms with van der Waals surface area (Å²) < 4.78 is 0. The van der Waals surface area contributed by atoms with Crippen LogP contribution in [0.25, 0.3) is 11.1 Å². The molecule has 0 spiro atoms. The molecule has 4 heteroatoms. The fourth-order valence-electron chi connectivity index (χ4n) is 4.14. The Bertz CT molecular complexity index is 1010. The number of hydrogen-bond acceptors (Lipinski definition) is 3. The van der Waals surface area contributed by atoms with Crippen LogP contribution >= 0.6 is 0 Å². The number of aliphatic hydroxyl groups excluding tert-OH is 1. The van der Waals surface area contributed by atoms with E-state index < -0.39 is 6.04 Å². The molecule has 0 aliphatic carbocycles. The van der Waals surface area contributed by atoms with Gasteiger partial charge in [-0.15, -0.1) is 0 Å². The lowest BCUT2D eigenvalue weighted by atomic mass is 9.75. The summed E-state index contributed by atoms with van der Waals surface area (Å²) in [6, 6.07) is 28.9. The highest BCUT2D eigenvalue weighted by Crippen LogP contribution is 2.41. The Labute approximate surface area is 170 Å². The van der Waals surface area contributed by atoms with E-state index in [0.717, 1.165) is 22.3 Å².